The fourth-order valence-electron chi connectivity index (χ4n) is 4.13. The van der Waals surface area contributed by atoms with Crippen molar-refractivity contribution in [1.29, 1.82) is 0 Å². The second-order valence-corrected chi connectivity index (χ2v) is 8.87. The summed E-state index contributed by atoms with van der Waals surface area (Å²) in [6, 6.07) is 15.7. The smallest absolute Gasteiger partial charge is 0.343 e. The van der Waals surface area contributed by atoms with Crippen molar-refractivity contribution in [2.75, 3.05) is 11.9 Å². The molecule has 190 valence electrons. The van der Waals surface area contributed by atoms with Crippen molar-refractivity contribution in [1.82, 2.24) is 15.1 Å². The van der Waals surface area contributed by atoms with Gasteiger partial charge in [0.15, 0.2) is 0 Å². The first-order chi connectivity index (χ1) is 17.8. The maximum absolute atomic E-state index is 13.0. The van der Waals surface area contributed by atoms with Crippen LogP contribution in [0.2, 0.25) is 0 Å². The van der Waals surface area contributed by atoms with Crippen molar-refractivity contribution in [3.05, 3.63) is 94.0 Å². The van der Waals surface area contributed by atoms with Gasteiger partial charge >= 0.3 is 5.97 Å². The highest BCUT2D eigenvalue weighted by Crippen LogP contribution is 2.30. The number of amidine groups is 1. The van der Waals surface area contributed by atoms with Gasteiger partial charge in [-0.2, -0.15) is 5.10 Å². The van der Waals surface area contributed by atoms with Crippen molar-refractivity contribution in [2.45, 2.75) is 41.2 Å². The average Bonchev–Trinajstić information content (AvgIpc) is 3.03. The zero-order valence-electron chi connectivity index (χ0n) is 21.8. The van der Waals surface area contributed by atoms with E-state index in [-0.39, 0.29) is 18.0 Å². The number of para-hydroxylation sites is 2. The summed E-state index contributed by atoms with van der Waals surface area (Å²) in [5.41, 5.74) is 7.05. The number of aliphatic imine (C=N–C) groups is 1. The molecule has 2 N–H and O–H groups in total. The van der Waals surface area contributed by atoms with E-state index in [0.29, 0.717) is 17.9 Å². The van der Waals surface area contributed by atoms with Crippen LogP contribution in [0.5, 0.6) is 0 Å². The van der Waals surface area contributed by atoms with Crippen LogP contribution in [0.4, 0.5) is 11.4 Å². The predicted molar refractivity (Wildman–Crippen MR) is 146 cm³/mol. The molecule has 0 radical (unpaired) electrons. The third-order valence-electron chi connectivity index (χ3n) is 6.08. The summed E-state index contributed by atoms with van der Waals surface area (Å²) >= 11 is 0. The normalized spacial score (nSPS) is 13.1. The molecule has 0 saturated carbocycles. The highest BCUT2D eigenvalue weighted by molar-refractivity contribution is 6.25. The average molecular weight is 498 g/mol. The molecular formula is C29H31N5O3. The van der Waals surface area contributed by atoms with E-state index in [2.05, 4.69) is 51.9 Å². The molecule has 8 nitrogen and oxygen atoms in total. The number of benzene rings is 2. The van der Waals surface area contributed by atoms with Gasteiger partial charge in [0.2, 0.25) is 5.91 Å². The van der Waals surface area contributed by atoms with E-state index in [1.165, 1.54) is 11.6 Å². The summed E-state index contributed by atoms with van der Waals surface area (Å²) < 4.78 is 7.17. The Balaban J connectivity index is 1.58. The van der Waals surface area contributed by atoms with Crippen molar-refractivity contribution < 1.29 is 14.3 Å². The molecule has 1 aromatic heterocycles. The maximum Gasteiger partial charge on any atom is 0.343 e. The van der Waals surface area contributed by atoms with E-state index in [1.807, 2.05) is 36.7 Å². The molecule has 2 aromatic carbocycles. The fourth-order valence-corrected chi connectivity index (χ4v) is 4.13. The number of amides is 1. The summed E-state index contributed by atoms with van der Waals surface area (Å²) in [5, 5.41) is 10.6. The highest BCUT2D eigenvalue weighted by atomic mass is 16.5. The lowest BCUT2D eigenvalue weighted by Gasteiger charge is -2.12. The molecule has 1 aliphatic heterocycles. The van der Waals surface area contributed by atoms with Crippen LogP contribution in [0.25, 0.3) is 6.08 Å². The number of rotatable bonds is 6. The lowest BCUT2D eigenvalue weighted by Crippen LogP contribution is -2.34. The zero-order valence-corrected chi connectivity index (χ0v) is 21.8. The largest absolute Gasteiger partial charge is 0.462 e. The molecule has 0 bridgehead atoms. The Labute approximate surface area is 216 Å². The number of allylic oxidation sites excluding steroid dienone is 1. The minimum atomic E-state index is -0.563. The molecule has 0 unspecified atom stereocenters. The topological polar surface area (TPSA) is 97.6 Å². The highest BCUT2D eigenvalue weighted by Gasteiger charge is 2.25. The van der Waals surface area contributed by atoms with Gasteiger partial charge in [-0.15, -0.1) is 0 Å². The Morgan fingerprint density at radius 1 is 1.05 bits per heavy atom. The number of nitrogens with zero attached hydrogens (tertiary/aromatic N) is 3. The molecule has 1 amide bonds. The number of esters is 1. The standard InChI is InChI=1S/C29H31N5O3/c1-6-37-29(36)27-20(4)30-24-9-7-8-10-25(24)31-28(27)32-26(35)16-15-23-19(3)33-34(21(23)5)17-22-13-11-18(2)12-14-22/h7-16,30H,6,17H2,1-5H3,(H,31,32,35)/b16-15+. The van der Waals surface area contributed by atoms with Crippen LogP contribution in [-0.2, 0) is 20.9 Å². The molecule has 2 heterocycles. The predicted octanol–water partition coefficient (Wildman–Crippen LogP) is 4.98. The molecule has 0 saturated heterocycles. The Morgan fingerprint density at radius 2 is 1.78 bits per heavy atom. The number of aryl methyl sites for hydroxylation is 2. The van der Waals surface area contributed by atoms with Crippen LogP contribution >= 0.6 is 0 Å². The van der Waals surface area contributed by atoms with Gasteiger partial charge in [0.1, 0.15) is 11.4 Å². The fraction of sp³-hybridized carbons (Fsp3) is 0.241. The van der Waals surface area contributed by atoms with E-state index >= 15 is 0 Å². The lowest BCUT2D eigenvalue weighted by molar-refractivity contribution is -0.137. The quantitative estimate of drug-likeness (QED) is 0.370. The summed E-state index contributed by atoms with van der Waals surface area (Å²) in [5.74, 6) is -0.850. The summed E-state index contributed by atoms with van der Waals surface area (Å²) in [6.07, 6.45) is 3.17. The number of anilines is 1. The van der Waals surface area contributed by atoms with Crippen molar-refractivity contribution in [3.8, 4) is 0 Å². The van der Waals surface area contributed by atoms with E-state index in [1.54, 1.807) is 26.0 Å². The summed E-state index contributed by atoms with van der Waals surface area (Å²) in [7, 11) is 0. The number of hydrogen-bond donors (Lipinski definition) is 2. The van der Waals surface area contributed by atoms with Gasteiger partial charge in [0, 0.05) is 23.0 Å². The zero-order chi connectivity index (χ0) is 26.5. The van der Waals surface area contributed by atoms with Gasteiger partial charge in [0.05, 0.1) is 30.2 Å². The van der Waals surface area contributed by atoms with Crippen LogP contribution in [-0.4, -0.2) is 34.1 Å². The van der Waals surface area contributed by atoms with Gasteiger partial charge in [-0.3, -0.25) is 9.48 Å². The van der Waals surface area contributed by atoms with E-state index in [9.17, 15) is 9.59 Å². The Morgan fingerprint density at radius 3 is 2.51 bits per heavy atom. The monoisotopic (exact) mass is 497 g/mol. The van der Waals surface area contributed by atoms with Crippen LogP contribution < -0.4 is 10.6 Å². The van der Waals surface area contributed by atoms with Crippen molar-refractivity contribution in [2.24, 2.45) is 4.99 Å². The molecule has 1 aliphatic rings. The van der Waals surface area contributed by atoms with Crippen LogP contribution in [0, 0.1) is 20.8 Å². The first-order valence-corrected chi connectivity index (χ1v) is 12.2. The second-order valence-electron chi connectivity index (χ2n) is 8.87. The molecule has 4 rings (SSSR count). The SMILES string of the molecule is CCOC(=O)C1=C(C)Nc2ccccc2N=C1NC(=O)/C=C/c1c(C)nn(Cc2ccc(C)cc2)c1C. The number of hydrogen-bond acceptors (Lipinski definition) is 6. The number of ether oxygens (including phenoxy) is 1. The Kier molecular flexibility index (Phi) is 7.67. The molecule has 0 atom stereocenters. The summed E-state index contributed by atoms with van der Waals surface area (Å²) in [4.78, 5) is 30.3. The molecule has 8 heteroatoms. The molecule has 0 aliphatic carbocycles. The lowest BCUT2D eigenvalue weighted by atomic mass is 10.1. The third kappa shape index (κ3) is 5.86. The number of nitrogens with one attached hydrogen (secondary N) is 2. The number of fused-ring (bicyclic) bond motifs is 1. The molecule has 0 fully saturated rings. The van der Waals surface area contributed by atoms with Gasteiger partial charge in [-0.25, -0.2) is 9.79 Å². The molecular weight excluding hydrogens is 466 g/mol. The number of aromatic nitrogens is 2. The van der Waals surface area contributed by atoms with E-state index in [0.717, 1.165) is 28.2 Å². The first-order valence-electron chi connectivity index (χ1n) is 12.2. The van der Waals surface area contributed by atoms with Crippen LogP contribution in [0.3, 0.4) is 0 Å². The van der Waals surface area contributed by atoms with Gasteiger partial charge in [-0.1, -0.05) is 42.0 Å². The Hall–Kier alpha value is -4.46. The number of carbonyl (C=O) groups excluding carboxylic acids is 2. The van der Waals surface area contributed by atoms with Gasteiger partial charge in [-0.05, 0) is 58.4 Å². The second kappa shape index (κ2) is 11.1. The van der Waals surface area contributed by atoms with Crippen LogP contribution in [0.1, 0.15) is 41.9 Å². The van der Waals surface area contributed by atoms with Crippen LogP contribution in [0.15, 0.2) is 70.9 Å². The molecule has 3 aromatic rings. The Bertz CT molecular complexity index is 1430. The maximum atomic E-state index is 13.0. The minimum absolute atomic E-state index is 0.131. The first kappa shape index (κ1) is 25.6. The van der Waals surface area contributed by atoms with E-state index in [4.69, 9.17) is 4.74 Å². The van der Waals surface area contributed by atoms with Crippen molar-refractivity contribution >= 4 is 35.2 Å². The van der Waals surface area contributed by atoms with E-state index < -0.39 is 11.9 Å². The summed E-state index contributed by atoms with van der Waals surface area (Å²) in [6.45, 7) is 10.3. The van der Waals surface area contributed by atoms with Crippen molar-refractivity contribution in [3.63, 3.8) is 0 Å². The molecule has 0 spiro atoms. The molecule has 37 heavy (non-hydrogen) atoms. The van der Waals surface area contributed by atoms with Gasteiger partial charge < -0.3 is 15.4 Å². The van der Waals surface area contributed by atoms with Gasteiger partial charge in [0.25, 0.3) is 0 Å². The minimum Gasteiger partial charge on any atom is -0.462 e. The third-order valence-corrected chi connectivity index (χ3v) is 6.08. The number of carbonyl (C=O) groups is 2.